The van der Waals surface area contributed by atoms with Crippen molar-refractivity contribution < 1.29 is 4.79 Å². The number of anilines is 1. The summed E-state index contributed by atoms with van der Waals surface area (Å²) in [6.07, 6.45) is 1.95. The lowest BCUT2D eigenvalue weighted by Crippen LogP contribution is -2.12. The second kappa shape index (κ2) is 6.34. The summed E-state index contributed by atoms with van der Waals surface area (Å²) in [6, 6.07) is 7.31. The van der Waals surface area contributed by atoms with Crippen LogP contribution in [0.1, 0.15) is 29.4 Å². The van der Waals surface area contributed by atoms with E-state index in [2.05, 4.69) is 54.3 Å². The molecule has 0 fully saturated rings. The van der Waals surface area contributed by atoms with E-state index in [1.807, 2.05) is 18.2 Å². The standard InChI is InChI=1S/C13H13Br2N3O/c1-2-3-9-7-12(18-17-9)16-13(19)10-6-8(14)4-5-11(10)15/h4-7H,2-3H2,1H3,(H2,16,17,18,19). The summed E-state index contributed by atoms with van der Waals surface area (Å²) in [5.74, 6) is 0.350. The Morgan fingerprint density at radius 1 is 1.37 bits per heavy atom. The van der Waals surface area contributed by atoms with Crippen LogP contribution in [0.4, 0.5) is 5.82 Å². The lowest BCUT2D eigenvalue weighted by molar-refractivity contribution is 0.102. The van der Waals surface area contributed by atoms with Crippen molar-refractivity contribution in [2.24, 2.45) is 0 Å². The van der Waals surface area contributed by atoms with Crippen molar-refractivity contribution in [3.8, 4) is 0 Å². The fourth-order valence-corrected chi connectivity index (χ4v) is 2.47. The van der Waals surface area contributed by atoms with Gasteiger partial charge in [0.05, 0.1) is 5.56 Å². The van der Waals surface area contributed by atoms with Gasteiger partial charge in [0, 0.05) is 20.7 Å². The van der Waals surface area contributed by atoms with Gasteiger partial charge < -0.3 is 5.32 Å². The first kappa shape index (κ1) is 14.3. The van der Waals surface area contributed by atoms with Crippen LogP contribution in [0.3, 0.4) is 0 Å². The van der Waals surface area contributed by atoms with Crippen molar-refractivity contribution in [1.29, 1.82) is 0 Å². The van der Waals surface area contributed by atoms with Gasteiger partial charge in [-0.3, -0.25) is 9.89 Å². The van der Waals surface area contributed by atoms with Gasteiger partial charge in [-0.25, -0.2) is 0 Å². The average Bonchev–Trinajstić information content (AvgIpc) is 2.80. The summed E-state index contributed by atoms with van der Waals surface area (Å²) in [7, 11) is 0. The van der Waals surface area contributed by atoms with Crippen LogP contribution in [0.2, 0.25) is 0 Å². The molecule has 0 aliphatic rings. The van der Waals surface area contributed by atoms with E-state index in [4.69, 9.17) is 0 Å². The largest absolute Gasteiger partial charge is 0.305 e. The van der Waals surface area contributed by atoms with Crippen LogP contribution in [0.15, 0.2) is 33.2 Å². The molecule has 4 nitrogen and oxygen atoms in total. The molecule has 1 aromatic heterocycles. The molecule has 1 amide bonds. The topological polar surface area (TPSA) is 57.8 Å². The van der Waals surface area contributed by atoms with Gasteiger partial charge in [-0.15, -0.1) is 0 Å². The van der Waals surface area contributed by atoms with E-state index < -0.39 is 0 Å². The summed E-state index contributed by atoms with van der Waals surface area (Å²) < 4.78 is 1.60. The van der Waals surface area contributed by atoms with Crippen molar-refractivity contribution in [2.75, 3.05) is 5.32 Å². The Kier molecular flexibility index (Phi) is 4.76. The smallest absolute Gasteiger partial charge is 0.258 e. The van der Waals surface area contributed by atoms with Gasteiger partial charge in [-0.05, 0) is 40.5 Å². The predicted molar refractivity (Wildman–Crippen MR) is 82.4 cm³/mol. The van der Waals surface area contributed by atoms with Gasteiger partial charge in [-0.1, -0.05) is 29.3 Å². The van der Waals surface area contributed by atoms with E-state index in [0.29, 0.717) is 11.4 Å². The van der Waals surface area contributed by atoms with E-state index in [-0.39, 0.29) is 5.91 Å². The lowest BCUT2D eigenvalue weighted by atomic mass is 10.2. The minimum atomic E-state index is -0.192. The van der Waals surface area contributed by atoms with E-state index in [9.17, 15) is 4.79 Å². The molecule has 0 aliphatic carbocycles. The SMILES string of the molecule is CCCc1cc(NC(=O)c2cc(Br)ccc2Br)n[nH]1. The summed E-state index contributed by atoms with van der Waals surface area (Å²) >= 11 is 6.72. The predicted octanol–water partition coefficient (Wildman–Crippen LogP) is 4.14. The van der Waals surface area contributed by atoms with Gasteiger partial charge in [0.15, 0.2) is 5.82 Å². The van der Waals surface area contributed by atoms with Crippen LogP contribution in [-0.2, 0) is 6.42 Å². The molecule has 1 heterocycles. The van der Waals surface area contributed by atoms with Gasteiger partial charge in [0.1, 0.15) is 0 Å². The van der Waals surface area contributed by atoms with Crippen molar-refractivity contribution in [2.45, 2.75) is 19.8 Å². The highest BCUT2D eigenvalue weighted by Gasteiger charge is 2.12. The molecule has 0 bridgehead atoms. The summed E-state index contributed by atoms with van der Waals surface area (Å²) in [4.78, 5) is 12.1. The minimum Gasteiger partial charge on any atom is -0.305 e. The van der Waals surface area contributed by atoms with Gasteiger partial charge in [0.2, 0.25) is 0 Å². The molecule has 0 spiro atoms. The highest BCUT2D eigenvalue weighted by atomic mass is 79.9. The Morgan fingerprint density at radius 3 is 2.89 bits per heavy atom. The van der Waals surface area contributed by atoms with Crippen LogP contribution in [0.5, 0.6) is 0 Å². The number of hydrogen-bond acceptors (Lipinski definition) is 2. The molecule has 2 N–H and O–H groups in total. The third kappa shape index (κ3) is 3.67. The molecule has 6 heteroatoms. The molecule has 19 heavy (non-hydrogen) atoms. The number of aromatic amines is 1. The maximum absolute atomic E-state index is 12.1. The third-order valence-corrected chi connectivity index (χ3v) is 3.75. The Bertz CT molecular complexity index is 595. The first-order chi connectivity index (χ1) is 9.10. The Hall–Kier alpha value is -1.14. The lowest BCUT2D eigenvalue weighted by Gasteiger charge is -2.04. The van der Waals surface area contributed by atoms with Crippen LogP contribution in [0, 0.1) is 0 Å². The fraction of sp³-hybridized carbons (Fsp3) is 0.231. The number of benzene rings is 1. The first-order valence-corrected chi connectivity index (χ1v) is 7.49. The van der Waals surface area contributed by atoms with Gasteiger partial charge >= 0.3 is 0 Å². The molecule has 0 unspecified atom stereocenters. The molecule has 2 rings (SSSR count). The number of H-pyrrole nitrogens is 1. The van der Waals surface area contributed by atoms with Crippen molar-refractivity contribution >= 4 is 43.6 Å². The number of rotatable bonds is 4. The Balaban J connectivity index is 2.13. The zero-order valence-electron chi connectivity index (χ0n) is 10.3. The average molecular weight is 387 g/mol. The molecule has 0 radical (unpaired) electrons. The second-order valence-corrected chi connectivity index (χ2v) is 5.88. The van der Waals surface area contributed by atoms with E-state index in [1.165, 1.54) is 0 Å². The van der Waals surface area contributed by atoms with Crippen molar-refractivity contribution in [3.63, 3.8) is 0 Å². The molecular weight excluding hydrogens is 374 g/mol. The number of amides is 1. The number of aromatic nitrogens is 2. The van der Waals surface area contributed by atoms with Crippen LogP contribution in [0.25, 0.3) is 0 Å². The number of aryl methyl sites for hydroxylation is 1. The van der Waals surface area contributed by atoms with Crippen LogP contribution in [-0.4, -0.2) is 16.1 Å². The molecule has 100 valence electrons. The second-order valence-electron chi connectivity index (χ2n) is 4.11. The monoisotopic (exact) mass is 385 g/mol. The van der Waals surface area contributed by atoms with E-state index in [0.717, 1.165) is 27.5 Å². The number of carbonyl (C=O) groups is 1. The third-order valence-electron chi connectivity index (χ3n) is 2.56. The number of carbonyl (C=O) groups excluding carboxylic acids is 1. The summed E-state index contributed by atoms with van der Waals surface area (Å²) in [5.41, 5.74) is 1.58. The van der Waals surface area contributed by atoms with Gasteiger partial charge in [0.25, 0.3) is 5.91 Å². The maximum atomic E-state index is 12.1. The van der Waals surface area contributed by atoms with Crippen LogP contribution >= 0.6 is 31.9 Å². The van der Waals surface area contributed by atoms with Crippen molar-refractivity contribution in [1.82, 2.24) is 10.2 Å². The number of nitrogens with zero attached hydrogens (tertiary/aromatic N) is 1. The number of hydrogen-bond donors (Lipinski definition) is 2. The van der Waals surface area contributed by atoms with Crippen molar-refractivity contribution in [3.05, 3.63) is 44.5 Å². The zero-order chi connectivity index (χ0) is 13.8. The summed E-state index contributed by atoms with van der Waals surface area (Å²) in [6.45, 7) is 2.09. The molecule has 0 saturated heterocycles. The highest BCUT2D eigenvalue weighted by Crippen LogP contribution is 2.22. The molecule has 1 aromatic carbocycles. The Morgan fingerprint density at radius 2 is 2.16 bits per heavy atom. The first-order valence-electron chi connectivity index (χ1n) is 5.91. The molecule has 0 atom stereocenters. The molecular formula is C13H13Br2N3O. The Labute approximate surface area is 128 Å². The molecule has 0 saturated carbocycles. The number of halogens is 2. The quantitative estimate of drug-likeness (QED) is 0.829. The minimum absolute atomic E-state index is 0.192. The normalized spacial score (nSPS) is 10.5. The fourth-order valence-electron chi connectivity index (χ4n) is 1.68. The maximum Gasteiger partial charge on any atom is 0.258 e. The van der Waals surface area contributed by atoms with Gasteiger partial charge in [-0.2, -0.15) is 5.10 Å². The zero-order valence-corrected chi connectivity index (χ0v) is 13.5. The van der Waals surface area contributed by atoms with Crippen LogP contribution < -0.4 is 5.32 Å². The van der Waals surface area contributed by atoms with E-state index >= 15 is 0 Å². The van der Waals surface area contributed by atoms with E-state index in [1.54, 1.807) is 6.07 Å². The highest BCUT2D eigenvalue weighted by molar-refractivity contribution is 9.11. The molecule has 0 aliphatic heterocycles. The molecule has 2 aromatic rings. The number of nitrogens with one attached hydrogen (secondary N) is 2. The summed E-state index contributed by atoms with van der Waals surface area (Å²) in [5, 5.41) is 9.75.